The zero-order valence-corrected chi connectivity index (χ0v) is 16.7. The number of nitrogens with zero attached hydrogens (tertiary/aromatic N) is 4. The Kier molecular flexibility index (Phi) is 6.96. The van der Waals surface area contributed by atoms with E-state index in [1.54, 1.807) is 0 Å². The Labute approximate surface area is 156 Å². The molecule has 0 radical (unpaired) electrons. The fourth-order valence-corrected chi connectivity index (χ4v) is 2.88. The number of hydrogen-bond acceptors (Lipinski definition) is 2. The molecular formula is C22H30N4. The first-order valence-corrected chi connectivity index (χ1v) is 9.41. The molecule has 4 heterocycles. The second kappa shape index (κ2) is 9.18. The molecule has 4 rings (SSSR count). The van der Waals surface area contributed by atoms with Crippen LogP contribution in [0.5, 0.6) is 0 Å². The van der Waals surface area contributed by atoms with Crippen LogP contribution in [0, 0.1) is 0 Å². The average Bonchev–Trinajstić information content (AvgIpc) is 3.32. The molecule has 0 aliphatic carbocycles. The number of fused-ring (bicyclic) bond motifs is 2. The fraction of sp³-hybridized carbons (Fsp3) is 0.364. The number of aromatic nitrogens is 4. The van der Waals surface area contributed by atoms with Gasteiger partial charge < -0.3 is 4.40 Å². The average molecular weight is 351 g/mol. The van der Waals surface area contributed by atoms with Crippen molar-refractivity contribution in [1.82, 2.24) is 19.0 Å². The molecule has 4 heteroatoms. The van der Waals surface area contributed by atoms with Gasteiger partial charge in [-0.3, -0.25) is 0 Å². The lowest BCUT2D eigenvalue weighted by Gasteiger charge is -2.06. The van der Waals surface area contributed by atoms with Crippen molar-refractivity contribution >= 4 is 11.2 Å². The molecule has 138 valence electrons. The van der Waals surface area contributed by atoms with Gasteiger partial charge in [0.2, 0.25) is 0 Å². The summed E-state index contributed by atoms with van der Waals surface area (Å²) in [6.07, 6.45) is 9.64. The standard InChI is InChI=1S/2C10H12N2.C2H6/c1-8(2)9-4-3-7-12-10(9)5-6-11-12;1-8(2)9-4-3-6-12-7-5-11-10(9)12;1-2/h2*3-8H,1-2H3;1-2H3. The van der Waals surface area contributed by atoms with Crippen LogP contribution in [-0.2, 0) is 0 Å². The molecule has 0 bridgehead atoms. The Balaban J connectivity index is 0.000000171. The van der Waals surface area contributed by atoms with E-state index in [0.717, 1.165) is 5.65 Å². The van der Waals surface area contributed by atoms with Crippen molar-refractivity contribution in [2.45, 2.75) is 53.4 Å². The zero-order chi connectivity index (χ0) is 19.1. The van der Waals surface area contributed by atoms with Crippen LogP contribution in [0.25, 0.3) is 11.2 Å². The molecule has 4 aromatic heterocycles. The number of hydrogen-bond donors (Lipinski definition) is 0. The van der Waals surface area contributed by atoms with Crippen LogP contribution in [0.3, 0.4) is 0 Å². The van der Waals surface area contributed by atoms with Gasteiger partial charge in [0.15, 0.2) is 0 Å². The third-order valence-corrected chi connectivity index (χ3v) is 4.16. The molecule has 0 atom stereocenters. The Morgan fingerprint density at radius 1 is 0.769 bits per heavy atom. The molecule has 0 fully saturated rings. The summed E-state index contributed by atoms with van der Waals surface area (Å²) >= 11 is 0. The summed E-state index contributed by atoms with van der Waals surface area (Å²) in [5, 5.41) is 4.18. The van der Waals surface area contributed by atoms with Crippen LogP contribution in [0.15, 0.2) is 61.3 Å². The molecule has 0 unspecified atom stereocenters. The molecule has 4 nitrogen and oxygen atoms in total. The lowest BCUT2D eigenvalue weighted by molar-refractivity contribution is 0.853. The van der Waals surface area contributed by atoms with Gasteiger partial charge in [-0.05, 0) is 41.2 Å². The lowest BCUT2D eigenvalue weighted by atomic mass is 10.0. The molecule has 0 saturated carbocycles. The molecule has 0 spiro atoms. The van der Waals surface area contributed by atoms with E-state index < -0.39 is 0 Å². The molecule has 0 aliphatic heterocycles. The Hall–Kier alpha value is -2.62. The highest BCUT2D eigenvalue weighted by atomic mass is 15.2. The molecule has 26 heavy (non-hydrogen) atoms. The zero-order valence-electron chi connectivity index (χ0n) is 16.7. The molecular weight excluding hydrogens is 320 g/mol. The first-order chi connectivity index (χ1) is 12.6. The van der Waals surface area contributed by atoms with E-state index in [1.807, 2.05) is 55.4 Å². The lowest BCUT2D eigenvalue weighted by Crippen LogP contribution is -1.93. The third-order valence-electron chi connectivity index (χ3n) is 4.16. The van der Waals surface area contributed by atoms with Crippen molar-refractivity contribution in [3.05, 3.63) is 72.4 Å². The number of imidazole rings is 1. The maximum atomic E-state index is 4.30. The minimum Gasteiger partial charge on any atom is -0.307 e. The Morgan fingerprint density at radius 3 is 2.12 bits per heavy atom. The van der Waals surface area contributed by atoms with Gasteiger partial charge in [0.1, 0.15) is 5.65 Å². The van der Waals surface area contributed by atoms with Crippen molar-refractivity contribution in [3.63, 3.8) is 0 Å². The first-order valence-electron chi connectivity index (χ1n) is 9.41. The molecule has 0 amide bonds. The van der Waals surface area contributed by atoms with Gasteiger partial charge in [0.05, 0.1) is 5.52 Å². The third kappa shape index (κ3) is 4.31. The molecule has 0 aromatic carbocycles. The second-order valence-electron chi connectivity index (χ2n) is 6.56. The highest BCUT2D eigenvalue weighted by molar-refractivity contribution is 5.54. The largest absolute Gasteiger partial charge is 0.307 e. The van der Waals surface area contributed by atoms with Gasteiger partial charge in [-0.15, -0.1) is 0 Å². The van der Waals surface area contributed by atoms with E-state index in [9.17, 15) is 0 Å². The van der Waals surface area contributed by atoms with E-state index >= 15 is 0 Å². The maximum Gasteiger partial charge on any atom is 0.140 e. The summed E-state index contributed by atoms with van der Waals surface area (Å²) in [4.78, 5) is 4.30. The van der Waals surface area contributed by atoms with Gasteiger partial charge >= 0.3 is 0 Å². The SMILES string of the molecule is CC.CC(C)c1cccn2ccnc12.CC(C)c1cccn2nccc12. The summed E-state index contributed by atoms with van der Waals surface area (Å²) in [6.45, 7) is 12.8. The minimum absolute atomic E-state index is 0.538. The predicted octanol–water partition coefficient (Wildman–Crippen LogP) is 5.94. The summed E-state index contributed by atoms with van der Waals surface area (Å²) in [5.74, 6) is 1.10. The van der Waals surface area contributed by atoms with E-state index in [2.05, 4.69) is 66.4 Å². The molecule has 0 aliphatic rings. The van der Waals surface area contributed by atoms with E-state index in [4.69, 9.17) is 0 Å². The highest BCUT2D eigenvalue weighted by Crippen LogP contribution is 2.19. The Morgan fingerprint density at radius 2 is 1.42 bits per heavy atom. The van der Waals surface area contributed by atoms with Crippen molar-refractivity contribution in [2.24, 2.45) is 0 Å². The van der Waals surface area contributed by atoms with Crippen LogP contribution in [0.2, 0.25) is 0 Å². The van der Waals surface area contributed by atoms with Gasteiger partial charge in [0.25, 0.3) is 0 Å². The van der Waals surface area contributed by atoms with Crippen molar-refractivity contribution in [1.29, 1.82) is 0 Å². The monoisotopic (exact) mass is 350 g/mol. The molecule has 4 aromatic rings. The van der Waals surface area contributed by atoms with Crippen LogP contribution >= 0.6 is 0 Å². The van der Waals surface area contributed by atoms with Crippen molar-refractivity contribution < 1.29 is 0 Å². The normalized spacial score (nSPS) is 10.6. The predicted molar refractivity (Wildman–Crippen MR) is 110 cm³/mol. The van der Waals surface area contributed by atoms with Crippen LogP contribution in [-0.4, -0.2) is 19.0 Å². The maximum absolute atomic E-state index is 4.30. The smallest absolute Gasteiger partial charge is 0.140 e. The first kappa shape index (κ1) is 19.7. The van der Waals surface area contributed by atoms with Gasteiger partial charge in [-0.2, -0.15) is 5.10 Å². The van der Waals surface area contributed by atoms with Crippen molar-refractivity contribution in [2.75, 3.05) is 0 Å². The van der Waals surface area contributed by atoms with E-state index in [-0.39, 0.29) is 0 Å². The Bertz CT molecular complexity index is 853. The summed E-state index contributed by atoms with van der Waals surface area (Å²) in [5.41, 5.74) is 4.96. The van der Waals surface area contributed by atoms with Gasteiger partial charge in [0, 0.05) is 31.0 Å². The topological polar surface area (TPSA) is 34.6 Å². The van der Waals surface area contributed by atoms with Crippen LogP contribution < -0.4 is 0 Å². The van der Waals surface area contributed by atoms with E-state index in [0.29, 0.717) is 11.8 Å². The van der Waals surface area contributed by atoms with Crippen molar-refractivity contribution in [3.8, 4) is 0 Å². The van der Waals surface area contributed by atoms with Gasteiger partial charge in [-0.25, -0.2) is 9.50 Å². The molecule has 0 N–H and O–H groups in total. The quantitative estimate of drug-likeness (QED) is 0.448. The second-order valence-corrected chi connectivity index (χ2v) is 6.56. The number of rotatable bonds is 2. The van der Waals surface area contributed by atoms with Crippen LogP contribution in [0.4, 0.5) is 0 Å². The van der Waals surface area contributed by atoms with E-state index in [1.165, 1.54) is 16.6 Å². The highest BCUT2D eigenvalue weighted by Gasteiger charge is 2.05. The summed E-state index contributed by atoms with van der Waals surface area (Å²) < 4.78 is 3.96. The fourth-order valence-electron chi connectivity index (χ4n) is 2.88. The number of pyridine rings is 2. The minimum atomic E-state index is 0.538. The van der Waals surface area contributed by atoms with Crippen LogP contribution in [0.1, 0.15) is 64.5 Å². The van der Waals surface area contributed by atoms with Gasteiger partial charge in [-0.1, -0.05) is 53.7 Å². The summed E-state index contributed by atoms with van der Waals surface area (Å²) in [7, 11) is 0. The molecule has 0 saturated heterocycles. The summed E-state index contributed by atoms with van der Waals surface area (Å²) in [6, 6.07) is 10.4.